The summed E-state index contributed by atoms with van der Waals surface area (Å²) < 4.78 is 5.26. The van der Waals surface area contributed by atoms with E-state index in [-0.39, 0.29) is 5.91 Å². The molecule has 0 aliphatic carbocycles. The van der Waals surface area contributed by atoms with E-state index in [1.807, 2.05) is 45.9 Å². The maximum atomic E-state index is 11.9. The first-order chi connectivity index (χ1) is 11.7. The van der Waals surface area contributed by atoms with E-state index in [1.165, 1.54) is 10.5 Å². The van der Waals surface area contributed by atoms with E-state index >= 15 is 0 Å². The van der Waals surface area contributed by atoms with E-state index in [0.29, 0.717) is 13.1 Å². The molecular formula is C20H30N2O3. The van der Waals surface area contributed by atoms with Crippen LogP contribution >= 0.6 is 0 Å². The first-order valence-electron chi connectivity index (χ1n) is 8.60. The molecule has 0 fully saturated rings. The van der Waals surface area contributed by atoms with Crippen LogP contribution in [0.3, 0.4) is 0 Å². The zero-order valence-corrected chi connectivity index (χ0v) is 16.0. The second-order valence-corrected chi connectivity index (χ2v) is 7.17. The fourth-order valence-corrected chi connectivity index (χ4v) is 2.11. The monoisotopic (exact) mass is 346 g/mol. The largest absolute Gasteiger partial charge is 0.444 e. The number of carbonyl (C=O) groups excluding carboxylic acids is 2. The molecule has 0 atom stereocenters. The molecule has 0 bridgehead atoms. The van der Waals surface area contributed by atoms with Crippen molar-refractivity contribution in [3.63, 3.8) is 0 Å². The Hall–Kier alpha value is -2.30. The molecular weight excluding hydrogens is 316 g/mol. The molecule has 0 aliphatic heterocycles. The van der Waals surface area contributed by atoms with Crippen molar-refractivity contribution in [3.8, 4) is 0 Å². The maximum absolute atomic E-state index is 11.9. The fraction of sp³-hybridized carbons (Fsp3) is 0.500. The number of hydrogen-bond donors (Lipinski definition) is 1. The molecule has 25 heavy (non-hydrogen) atoms. The van der Waals surface area contributed by atoms with Crippen LogP contribution in [0.25, 0.3) is 0 Å². The molecule has 0 saturated heterocycles. The summed E-state index contributed by atoms with van der Waals surface area (Å²) in [7, 11) is 1.65. The second-order valence-electron chi connectivity index (χ2n) is 7.17. The third kappa shape index (κ3) is 9.55. The molecule has 5 heteroatoms. The van der Waals surface area contributed by atoms with Crippen molar-refractivity contribution in [1.29, 1.82) is 0 Å². The Bertz CT molecular complexity index is 589. The summed E-state index contributed by atoms with van der Waals surface area (Å²) in [5, 5.41) is 2.80. The van der Waals surface area contributed by atoms with Crippen molar-refractivity contribution in [2.75, 3.05) is 20.1 Å². The van der Waals surface area contributed by atoms with Crippen LogP contribution in [0.5, 0.6) is 0 Å². The molecule has 0 spiro atoms. The highest BCUT2D eigenvalue weighted by molar-refractivity contribution is 5.88. The number of allylic oxidation sites excluding steroid dienone is 1. The highest BCUT2D eigenvalue weighted by Gasteiger charge is 2.19. The molecule has 1 aromatic rings. The zero-order chi connectivity index (χ0) is 18.9. The van der Waals surface area contributed by atoms with E-state index < -0.39 is 11.7 Å². The van der Waals surface area contributed by atoms with Gasteiger partial charge in [-0.25, -0.2) is 4.79 Å². The third-order valence-corrected chi connectivity index (χ3v) is 3.48. The van der Waals surface area contributed by atoms with E-state index in [0.717, 1.165) is 18.4 Å². The second kappa shape index (κ2) is 9.87. The third-order valence-electron chi connectivity index (χ3n) is 3.48. The minimum Gasteiger partial charge on any atom is -0.444 e. The molecule has 5 nitrogen and oxygen atoms in total. The highest BCUT2D eigenvalue weighted by atomic mass is 16.6. The van der Waals surface area contributed by atoms with Crippen LogP contribution < -0.4 is 5.32 Å². The molecule has 2 amide bonds. The van der Waals surface area contributed by atoms with Crippen LogP contribution in [0.4, 0.5) is 4.79 Å². The number of ether oxygens (including phenoxy) is 1. The minimum atomic E-state index is -0.521. The van der Waals surface area contributed by atoms with Crippen LogP contribution in [-0.2, 0) is 16.0 Å². The Labute approximate surface area is 151 Å². The van der Waals surface area contributed by atoms with E-state index in [9.17, 15) is 9.59 Å². The lowest BCUT2D eigenvalue weighted by Crippen LogP contribution is -2.38. The van der Waals surface area contributed by atoms with Crippen molar-refractivity contribution in [3.05, 3.63) is 47.5 Å². The number of carbonyl (C=O) groups is 2. The van der Waals surface area contributed by atoms with Gasteiger partial charge in [0.15, 0.2) is 0 Å². The topological polar surface area (TPSA) is 58.6 Å². The van der Waals surface area contributed by atoms with E-state index in [1.54, 1.807) is 13.1 Å². The Morgan fingerprint density at radius 2 is 1.84 bits per heavy atom. The summed E-state index contributed by atoms with van der Waals surface area (Å²) in [5.74, 6) is -0.136. The van der Waals surface area contributed by atoms with Gasteiger partial charge in [-0.15, -0.1) is 0 Å². The standard InChI is InChI=1S/C20H30N2O3/c1-16(11-12-17-9-7-6-8-10-17)15-18(23)21-13-14-22(5)19(24)25-20(2,3)4/h6-10,15H,11-14H2,1-5H3,(H,21,23). The smallest absolute Gasteiger partial charge is 0.410 e. The van der Waals surface area contributed by atoms with Gasteiger partial charge in [-0.05, 0) is 46.1 Å². The number of benzene rings is 1. The van der Waals surface area contributed by atoms with Crippen LogP contribution in [0.15, 0.2) is 42.0 Å². The summed E-state index contributed by atoms with van der Waals surface area (Å²) >= 11 is 0. The molecule has 0 heterocycles. The molecule has 1 rings (SSSR count). The van der Waals surface area contributed by atoms with Gasteiger partial charge in [0.2, 0.25) is 5.91 Å². The Morgan fingerprint density at radius 1 is 1.20 bits per heavy atom. The van der Waals surface area contributed by atoms with Gasteiger partial charge >= 0.3 is 6.09 Å². The predicted octanol–water partition coefficient (Wildman–Crippen LogP) is 3.55. The Kier molecular flexibility index (Phi) is 8.19. The van der Waals surface area contributed by atoms with E-state index in [4.69, 9.17) is 4.74 Å². The van der Waals surface area contributed by atoms with Crippen LogP contribution in [-0.4, -0.2) is 42.6 Å². The molecule has 138 valence electrons. The van der Waals surface area contributed by atoms with Gasteiger partial charge < -0.3 is 15.0 Å². The van der Waals surface area contributed by atoms with Crippen molar-refractivity contribution >= 4 is 12.0 Å². The zero-order valence-electron chi connectivity index (χ0n) is 16.0. The van der Waals surface area contributed by atoms with E-state index in [2.05, 4.69) is 17.4 Å². The van der Waals surface area contributed by atoms with Gasteiger partial charge in [-0.3, -0.25) is 4.79 Å². The van der Waals surface area contributed by atoms with Gasteiger partial charge in [0.25, 0.3) is 0 Å². The quantitative estimate of drug-likeness (QED) is 0.768. The van der Waals surface area contributed by atoms with Crippen molar-refractivity contribution < 1.29 is 14.3 Å². The molecule has 1 aromatic carbocycles. The highest BCUT2D eigenvalue weighted by Crippen LogP contribution is 2.09. The van der Waals surface area contributed by atoms with Crippen LogP contribution in [0.2, 0.25) is 0 Å². The number of hydrogen-bond acceptors (Lipinski definition) is 3. The first kappa shape index (κ1) is 20.7. The van der Waals surface area contributed by atoms with Gasteiger partial charge in [-0.1, -0.05) is 35.9 Å². The normalized spacial score (nSPS) is 11.8. The SMILES string of the molecule is CC(=CC(=O)NCCN(C)C(=O)OC(C)(C)C)CCc1ccccc1. The molecule has 0 aromatic heterocycles. The number of nitrogens with one attached hydrogen (secondary N) is 1. The van der Waals surface area contributed by atoms with Crippen molar-refractivity contribution in [1.82, 2.24) is 10.2 Å². The molecule has 1 N–H and O–H groups in total. The lowest BCUT2D eigenvalue weighted by Gasteiger charge is -2.24. The average molecular weight is 346 g/mol. The average Bonchev–Trinajstić information content (AvgIpc) is 2.52. The van der Waals surface area contributed by atoms with Gasteiger partial charge in [0.1, 0.15) is 5.60 Å². The van der Waals surface area contributed by atoms with Crippen molar-refractivity contribution in [2.24, 2.45) is 0 Å². The summed E-state index contributed by atoms with van der Waals surface area (Å²) in [6.45, 7) is 8.21. The van der Waals surface area contributed by atoms with Gasteiger partial charge in [0.05, 0.1) is 0 Å². The first-order valence-corrected chi connectivity index (χ1v) is 8.60. The van der Waals surface area contributed by atoms with Crippen LogP contribution in [0.1, 0.15) is 39.7 Å². The Balaban J connectivity index is 2.30. The number of nitrogens with zero attached hydrogens (tertiary/aromatic N) is 1. The summed E-state index contributed by atoms with van der Waals surface area (Å²) in [5.41, 5.74) is 1.77. The van der Waals surface area contributed by atoms with Gasteiger partial charge in [-0.2, -0.15) is 0 Å². The Morgan fingerprint density at radius 3 is 2.44 bits per heavy atom. The van der Waals surface area contributed by atoms with Crippen LogP contribution in [0, 0.1) is 0 Å². The predicted molar refractivity (Wildman–Crippen MR) is 100 cm³/mol. The lowest BCUT2D eigenvalue weighted by molar-refractivity contribution is -0.116. The van der Waals surface area contributed by atoms with Crippen molar-refractivity contribution in [2.45, 2.75) is 46.1 Å². The maximum Gasteiger partial charge on any atom is 0.410 e. The summed E-state index contributed by atoms with van der Waals surface area (Å²) in [6.07, 6.45) is 2.99. The number of rotatable bonds is 7. The number of amides is 2. The number of aryl methyl sites for hydroxylation is 1. The molecule has 0 radical (unpaired) electrons. The minimum absolute atomic E-state index is 0.136. The summed E-state index contributed by atoms with van der Waals surface area (Å²) in [6, 6.07) is 10.2. The lowest BCUT2D eigenvalue weighted by atomic mass is 10.1. The molecule has 0 aliphatic rings. The molecule has 0 unspecified atom stereocenters. The fourth-order valence-electron chi connectivity index (χ4n) is 2.11. The summed E-state index contributed by atoms with van der Waals surface area (Å²) in [4.78, 5) is 25.2. The number of likely N-dealkylation sites (N-methyl/N-ethyl adjacent to an activating group) is 1. The van der Waals surface area contributed by atoms with Gasteiger partial charge in [0, 0.05) is 26.2 Å². The molecule has 0 saturated carbocycles.